The van der Waals surface area contributed by atoms with Crippen molar-refractivity contribution < 1.29 is 28.5 Å². The molecule has 3 heterocycles. The number of hydrogen-bond acceptors (Lipinski definition) is 10. The van der Waals surface area contributed by atoms with E-state index in [-0.39, 0.29) is 38.3 Å². The number of aryl methyl sites for hydroxylation is 1. The SMILES string of the molecule is COCOC(C)c1ccc(-c2ccc(N3CCC(Cc4nc(C)c(OCc5ccccc5)c(C(=O)NCC(=O)OCc5ccccc5)n4)CC3)cc2)nc1. The molecule has 280 valence electrons. The highest BCUT2D eigenvalue weighted by atomic mass is 16.7. The summed E-state index contributed by atoms with van der Waals surface area (Å²) in [5.41, 5.74) is 6.63. The van der Waals surface area contributed by atoms with Crippen LogP contribution in [0, 0.1) is 12.8 Å². The zero-order valence-electron chi connectivity index (χ0n) is 31.1. The molecule has 0 saturated carbocycles. The van der Waals surface area contributed by atoms with Crippen LogP contribution in [-0.4, -0.2) is 60.4 Å². The molecule has 1 fully saturated rings. The largest absolute Gasteiger partial charge is 0.485 e. The Bertz CT molecular complexity index is 1950. The lowest BCUT2D eigenvalue weighted by atomic mass is 9.92. The Hall–Kier alpha value is -5.65. The van der Waals surface area contributed by atoms with Gasteiger partial charge in [-0.25, -0.2) is 9.97 Å². The molecular formula is C43H47N5O6. The Morgan fingerprint density at radius 1 is 0.870 bits per heavy atom. The van der Waals surface area contributed by atoms with E-state index in [9.17, 15) is 9.59 Å². The Morgan fingerprint density at radius 2 is 1.56 bits per heavy atom. The molecule has 1 aliphatic rings. The Morgan fingerprint density at radius 3 is 2.20 bits per heavy atom. The van der Waals surface area contributed by atoms with Gasteiger partial charge in [0.25, 0.3) is 5.91 Å². The number of pyridine rings is 1. The standard InChI is InChI=1S/C43H47N5O6/c1-30-42(53-28-34-12-8-5-9-13-34)41(43(50)45-26-40(49)52-27-33-10-6-4-7-11-33)47-39(46-30)24-32-20-22-48(23-21-32)37-17-14-35(15-18-37)38-19-16-36(25-44-38)31(2)54-29-51-3/h4-19,25,31-32H,20-24,26-29H2,1-3H3,(H,45,50). The minimum Gasteiger partial charge on any atom is -0.485 e. The Labute approximate surface area is 316 Å². The number of nitrogens with one attached hydrogen (secondary N) is 1. The van der Waals surface area contributed by atoms with Crippen LogP contribution in [0.5, 0.6) is 5.75 Å². The van der Waals surface area contributed by atoms with E-state index in [4.69, 9.17) is 28.9 Å². The minimum absolute atomic E-state index is 0.0970. The van der Waals surface area contributed by atoms with E-state index in [1.54, 1.807) is 7.11 Å². The topological polar surface area (TPSA) is 125 Å². The van der Waals surface area contributed by atoms with E-state index in [2.05, 4.69) is 39.5 Å². The lowest BCUT2D eigenvalue weighted by molar-refractivity contribution is -0.143. The Balaban J connectivity index is 1.06. The number of rotatable bonds is 16. The van der Waals surface area contributed by atoms with Gasteiger partial charge in [-0.3, -0.25) is 14.6 Å². The van der Waals surface area contributed by atoms with Gasteiger partial charge in [0, 0.05) is 44.1 Å². The number of nitrogens with zero attached hydrogens (tertiary/aromatic N) is 4. The van der Waals surface area contributed by atoms with Gasteiger partial charge in [0.1, 0.15) is 32.4 Å². The van der Waals surface area contributed by atoms with Crippen molar-refractivity contribution in [2.24, 2.45) is 5.92 Å². The fourth-order valence-electron chi connectivity index (χ4n) is 6.37. The number of amides is 1. The maximum atomic E-state index is 13.5. The summed E-state index contributed by atoms with van der Waals surface area (Å²) in [6.45, 7) is 5.91. The molecule has 0 aliphatic carbocycles. The van der Waals surface area contributed by atoms with E-state index < -0.39 is 11.9 Å². The number of carbonyl (C=O) groups is 2. The third kappa shape index (κ3) is 10.5. The van der Waals surface area contributed by atoms with Gasteiger partial charge in [-0.2, -0.15) is 0 Å². The van der Waals surface area contributed by atoms with Gasteiger partial charge in [-0.05, 0) is 67.5 Å². The van der Waals surface area contributed by atoms with Crippen LogP contribution < -0.4 is 15.0 Å². The average Bonchev–Trinajstić information content (AvgIpc) is 3.21. The van der Waals surface area contributed by atoms with Gasteiger partial charge in [0.05, 0.1) is 17.5 Å². The first-order valence-corrected chi connectivity index (χ1v) is 18.3. The molecule has 11 nitrogen and oxygen atoms in total. The highest BCUT2D eigenvalue weighted by Crippen LogP contribution is 2.29. The van der Waals surface area contributed by atoms with Crippen molar-refractivity contribution in [2.45, 2.75) is 52.4 Å². The number of ether oxygens (including phenoxy) is 4. The molecule has 1 atom stereocenters. The quantitative estimate of drug-likeness (QED) is 0.0836. The van der Waals surface area contributed by atoms with Crippen LogP contribution in [0.4, 0.5) is 5.69 Å². The van der Waals surface area contributed by atoms with E-state index in [0.29, 0.717) is 29.6 Å². The van der Waals surface area contributed by atoms with Crippen LogP contribution in [0.1, 0.15) is 64.6 Å². The lowest BCUT2D eigenvalue weighted by Gasteiger charge is -2.33. The molecule has 2 aromatic heterocycles. The molecule has 3 aromatic carbocycles. The van der Waals surface area contributed by atoms with Gasteiger partial charge < -0.3 is 29.2 Å². The lowest BCUT2D eigenvalue weighted by Crippen LogP contribution is -2.35. The van der Waals surface area contributed by atoms with Crippen molar-refractivity contribution >= 4 is 17.6 Å². The van der Waals surface area contributed by atoms with Crippen LogP contribution in [0.15, 0.2) is 103 Å². The fourth-order valence-corrected chi connectivity index (χ4v) is 6.37. The second-order valence-corrected chi connectivity index (χ2v) is 13.4. The third-order valence-electron chi connectivity index (χ3n) is 9.46. The molecule has 54 heavy (non-hydrogen) atoms. The van der Waals surface area contributed by atoms with Gasteiger partial charge >= 0.3 is 5.97 Å². The van der Waals surface area contributed by atoms with Crippen molar-refractivity contribution in [1.29, 1.82) is 0 Å². The molecule has 0 radical (unpaired) electrons. The Kier molecular flexibility index (Phi) is 13.3. The normalized spacial score (nSPS) is 13.6. The number of aromatic nitrogens is 3. The van der Waals surface area contributed by atoms with E-state index in [1.165, 1.54) is 5.69 Å². The first-order valence-electron chi connectivity index (χ1n) is 18.3. The molecule has 6 rings (SSSR count). The highest BCUT2D eigenvalue weighted by Gasteiger charge is 2.25. The molecular weight excluding hydrogens is 683 g/mol. The second kappa shape index (κ2) is 18.9. The summed E-state index contributed by atoms with van der Waals surface area (Å²) >= 11 is 0. The molecule has 1 N–H and O–H groups in total. The zero-order valence-corrected chi connectivity index (χ0v) is 31.1. The summed E-state index contributed by atoms with van der Waals surface area (Å²) in [6.07, 6.45) is 4.29. The first kappa shape index (κ1) is 38.1. The summed E-state index contributed by atoms with van der Waals surface area (Å²) in [6, 6.07) is 31.7. The van der Waals surface area contributed by atoms with Crippen molar-refractivity contribution in [2.75, 3.05) is 38.4 Å². The number of hydrogen-bond donors (Lipinski definition) is 1. The van der Waals surface area contributed by atoms with Crippen molar-refractivity contribution in [3.8, 4) is 17.0 Å². The fraction of sp³-hybridized carbons (Fsp3) is 0.326. The molecule has 1 saturated heterocycles. The number of carbonyl (C=O) groups excluding carboxylic acids is 2. The number of esters is 1. The predicted octanol–water partition coefficient (Wildman–Crippen LogP) is 7.04. The first-order chi connectivity index (χ1) is 26.4. The van der Waals surface area contributed by atoms with Crippen molar-refractivity contribution in [3.63, 3.8) is 0 Å². The van der Waals surface area contributed by atoms with Crippen LogP contribution in [0.2, 0.25) is 0 Å². The molecule has 0 spiro atoms. The average molecular weight is 730 g/mol. The third-order valence-corrected chi connectivity index (χ3v) is 9.46. The minimum atomic E-state index is -0.545. The van der Waals surface area contributed by atoms with Gasteiger partial charge in [-0.1, -0.05) is 78.9 Å². The highest BCUT2D eigenvalue weighted by molar-refractivity contribution is 5.96. The summed E-state index contributed by atoms with van der Waals surface area (Å²) in [5, 5.41) is 2.68. The smallest absolute Gasteiger partial charge is 0.325 e. The zero-order chi connectivity index (χ0) is 37.7. The maximum absolute atomic E-state index is 13.5. The van der Waals surface area contributed by atoms with E-state index in [0.717, 1.165) is 53.9 Å². The summed E-state index contributed by atoms with van der Waals surface area (Å²) in [4.78, 5) is 42.6. The van der Waals surface area contributed by atoms with Crippen molar-refractivity contribution in [1.82, 2.24) is 20.3 Å². The van der Waals surface area contributed by atoms with Gasteiger partial charge in [0.2, 0.25) is 0 Å². The summed E-state index contributed by atoms with van der Waals surface area (Å²) in [5.74, 6) is 0.163. The van der Waals surface area contributed by atoms with E-state index in [1.807, 2.05) is 92.8 Å². The molecule has 1 unspecified atom stereocenters. The summed E-state index contributed by atoms with van der Waals surface area (Å²) in [7, 11) is 1.61. The molecule has 11 heteroatoms. The molecule has 1 aliphatic heterocycles. The van der Waals surface area contributed by atoms with Crippen LogP contribution >= 0.6 is 0 Å². The van der Waals surface area contributed by atoms with Gasteiger partial charge in [-0.15, -0.1) is 0 Å². The molecule has 5 aromatic rings. The monoisotopic (exact) mass is 729 g/mol. The number of piperidine rings is 1. The number of anilines is 1. The van der Waals surface area contributed by atoms with Crippen LogP contribution in [-0.2, 0) is 38.6 Å². The van der Waals surface area contributed by atoms with Crippen molar-refractivity contribution in [3.05, 3.63) is 137 Å². The predicted molar refractivity (Wildman–Crippen MR) is 206 cm³/mol. The summed E-state index contributed by atoms with van der Waals surface area (Å²) < 4.78 is 22.1. The van der Waals surface area contributed by atoms with E-state index >= 15 is 0 Å². The van der Waals surface area contributed by atoms with Crippen LogP contribution in [0.3, 0.4) is 0 Å². The molecule has 0 bridgehead atoms. The van der Waals surface area contributed by atoms with Gasteiger partial charge in [0.15, 0.2) is 11.4 Å². The number of benzene rings is 3. The molecule has 1 amide bonds. The van der Waals surface area contributed by atoms with Crippen LogP contribution in [0.25, 0.3) is 11.3 Å². The maximum Gasteiger partial charge on any atom is 0.325 e. The second-order valence-electron chi connectivity index (χ2n) is 13.4. The number of methoxy groups -OCH3 is 1.